The third kappa shape index (κ3) is 6.36. The molecule has 0 aliphatic rings. The normalized spacial score (nSPS) is 10.2. The van der Waals surface area contributed by atoms with Crippen LogP contribution < -0.4 is 10.1 Å². The van der Waals surface area contributed by atoms with Crippen molar-refractivity contribution in [2.75, 3.05) is 5.32 Å². The van der Waals surface area contributed by atoms with Crippen molar-refractivity contribution in [3.8, 4) is 11.8 Å². The zero-order valence-corrected chi connectivity index (χ0v) is 18.3. The summed E-state index contributed by atoms with van der Waals surface area (Å²) in [6, 6.07) is 10.8. The Labute approximate surface area is 179 Å². The van der Waals surface area contributed by atoms with E-state index in [1.54, 1.807) is 25.1 Å². The lowest BCUT2D eigenvalue weighted by atomic mass is 10.1. The number of anilines is 1. The standard InChI is InChI=1S/C20H18Br2N2O4/c1-2-18(25)24-15-6-13(10-23)5-14(7-15)11-28-20-16(21)8-12(9-17(20)22)3-4-19(26)27/h5-9H,2-4,11H2,1H3,(H,24,25)(H,26,27). The molecule has 0 saturated heterocycles. The molecule has 2 rings (SSSR count). The van der Waals surface area contributed by atoms with Gasteiger partial charge in [-0.25, -0.2) is 0 Å². The molecule has 0 atom stereocenters. The molecule has 0 fully saturated rings. The fourth-order valence-electron chi connectivity index (χ4n) is 2.46. The van der Waals surface area contributed by atoms with Crippen LogP contribution in [-0.4, -0.2) is 17.0 Å². The predicted octanol–water partition coefficient (Wildman–Crippen LogP) is 5.03. The summed E-state index contributed by atoms with van der Waals surface area (Å²) in [5.41, 5.74) is 2.57. The molecule has 0 aliphatic heterocycles. The van der Waals surface area contributed by atoms with Crippen LogP contribution in [0.1, 0.15) is 36.5 Å². The van der Waals surface area contributed by atoms with Crippen molar-refractivity contribution >= 4 is 49.4 Å². The van der Waals surface area contributed by atoms with E-state index < -0.39 is 5.97 Å². The number of carboxylic acids is 1. The van der Waals surface area contributed by atoms with Crippen LogP contribution in [0.15, 0.2) is 39.3 Å². The molecule has 0 bridgehead atoms. The monoisotopic (exact) mass is 508 g/mol. The van der Waals surface area contributed by atoms with Gasteiger partial charge in [-0.05, 0) is 79.7 Å². The zero-order valence-electron chi connectivity index (χ0n) is 15.1. The predicted molar refractivity (Wildman–Crippen MR) is 112 cm³/mol. The third-order valence-electron chi connectivity index (χ3n) is 3.80. The molecule has 2 aromatic rings. The number of aliphatic carboxylic acids is 1. The molecule has 0 radical (unpaired) electrons. The van der Waals surface area contributed by atoms with Crippen LogP contribution in [0.2, 0.25) is 0 Å². The van der Waals surface area contributed by atoms with E-state index in [0.29, 0.717) is 38.8 Å². The number of amides is 1. The number of aryl methyl sites for hydroxylation is 1. The molecule has 0 heterocycles. The summed E-state index contributed by atoms with van der Waals surface area (Å²) in [6.45, 7) is 1.94. The molecule has 1 amide bonds. The second-order valence-corrected chi connectivity index (χ2v) is 7.71. The first kappa shape index (κ1) is 21.9. The van der Waals surface area contributed by atoms with Crippen LogP contribution in [0.25, 0.3) is 0 Å². The first-order valence-electron chi connectivity index (χ1n) is 8.48. The first-order valence-corrected chi connectivity index (χ1v) is 10.1. The maximum atomic E-state index is 11.6. The van der Waals surface area contributed by atoms with Gasteiger partial charge in [-0.15, -0.1) is 0 Å². The number of nitrogens with one attached hydrogen (secondary N) is 1. The minimum atomic E-state index is -0.851. The van der Waals surface area contributed by atoms with Gasteiger partial charge in [0.05, 0.1) is 20.6 Å². The Morgan fingerprint density at radius 3 is 2.39 bits per heavy atom. The molecule has 0 unspecified atom stereocenters. The average molecular weight is 510 g/mol. The van der Waals surface area contributed by atoms with Gasteiger partial charge in [0.1, 0.15) is 12.4 Å². The van der Waals surface area contributed by atoms with Gasteiger partial charge in [0, 0.05) is 18.5 Å². The summed E-state index contributed by atoms with van der Waals surface area (Å²) in [4.78, 5) is 22.4. The Morgan fingerprint density at radius 2 is 1.82 bits per heavy atom. The molecule has 146 valence electrons. The average Bonchev–Trinajstić information content (AvgIpc) is 2.65. The van der Waals surface area contributed by atoms with Gasteiger partial charge in [0.25, 0.3) is 0 Å². The van der Waals surface area contributed by atoms with E-state index in [0.717, 1.165) is 11.1 Å². The minimum absolute atomic E-state index is 0.0479. The van der Waals surface area contributed by atoms with E-state index in [9.17, 15) is 14.9 Å². The summed E-state index contributed by atoms with van der Waals surface area (Å²) < 4.78 is 7.27. The molecule has 28 heavy (non-hydrogen) atoms. The smallest absolute Gasteiger partial charge is 0.303 e. The van der Waals surface area contributed by atoms with Gasteiger partial charge in [-0.1, -0.05) is 6.92 Å². The summed E-state index contributed by atoms with van der Waals surface area (Å²) in [7, 11) is 0. The SMILES string of the molecule is CCC(=O)Nc1cc(C#N)cc(COc2c(Br)cc(CCC(=O)O)cc2Br)c1. The van der Waals surface area contributed by atoms with Crippen LogP contribution >= 0.6 is 31.9 Å². The third-order valence-corrected chi connectivity index (χ3v) is 4.97. The van der Waals surface area contributed by atoms with E-state index in [2.05, 4.69) is 43.2 Å². The van der Waals surface area contributed by atoms with Crippen molar-refractivity contribution in [1.82, 2.24) is 0 Å². The highest BCUT2D eigenvalue weighted by atomic mass is 79.9. The number of rotatable bonds is 8. The zero-order chi connectivity index (χ0) is 20.7. The second kappa shape index (κ2) is 10.2. The topological polar surface area (TPSA) is 99.4 Å². The Kier molecular flexibility index (Phi) is 8.03. The van der Waals surface area contributed by atoms with Crippen LogP contribution in [0.4, 0.5) is 5.69 Å². The number of hydrogen-bond donors (Lipinski definition) is 2. The van der Waals surface area contributed by atoms with E-state index in [1.807, 2.05) is 12.1 Å². The van der Waals surface area contributed by atoms with Gasteiger partial charge in [0.15, 0.2) is 0 Å². The number of carbonyl (C=O) groups is 2. The molecule has 0 saturated carbocycles. The molecule has 0 aromatic heterocycles. The molecule has 0 aliphatic carbocycles. The lowest BCUT2D eigenvalue weighted by Gasteiger charge is -2.13. The molecular formula is C20H18Br2N2O4. The van der Waals surface area contributed by atoms with E-state index in [-0.39, 0.29) is 18.9 Å². The van der Waals surface area contributed by atoms with Crippen molar-refractivity contribution in [2.24, 2.45) is 0 Å². The number of hydrogen-bond acceptors (Lipinski definition) is 4. The number of carboxylic acid groups (broad SMARTS) is 1. The summed E-state index contributed by atoms with van der Waals surface area (Å²) >= 11 is 6.90. The molecule has 0 spiro atoms. The molecular weight excluding hydrogens is 492 g/mol. The van der Waals surface area contributed by atoms with Crippen LogP contribution in [0.3, 0.4) is 0 Å². The van der Waals surface area contributed by atoms with Gasteiger partial charge in [-0.2, -0.15) is 5.26 Å². The molecule has 8 heteroatoms. The number of carbonyl (C=O) groups excluding carboxylic acids is 1. The van der Waals surface area contributed by atoms with Crippen LogP contribution in [0.5, 0.6) is 5.75 Å². The fraction of sp³-hybridized carbons (Fsp3) is 0.250. The van der Waals surface area contributed by atoms with Gasteiger partial charge >= 0.3 is 5.97 Å². The molecule has 6 nitrogen and oxygen atoms in total. The van der Waals surface area contributed by atoms with Gasteiger partial charge in [-0.3, -0.25) is 9.59 Å². The lowest BCUT2D eigenvalue weighted by molar-refractivity contribution is -0.137. The molecule has 2 N–H and O–H groups in total. The van der Waals surface area contributed by atoms with E-state index in [4.69, 9.17) is 9.84 Å². The Bertz CT molecular complexity index is 915. The Balaban J connectivity index is 2.17. The Morgan fingerprint density at radius 1 is 1.14 bits per heavy atom. The number of benzene rings is 2. The number of ether oxygens (including phenoxy) is 1. The quantitative estimate of drug-likeness (QED) is 0.520. The number of halogens is 2. The van der Waals surface area contributed by atoms with Crippen molar-refractivity contribution < 1.29 is 19.4 Å². The summed E-state index contributed by atoms with van der Waals surface area (Å²) in [6.07, 6.45) is 0.806. The first-order chi connectivity index (χ1) is 13.3. The van der Waals surface area contributed by atoms with Gasteiger partial charge < -0.3 is 15.2 Å². The highest BCUT2D eigenvalue weighted by molar-refractivity contribution is 9.11. The highest BCUT2D eigenvalue weighted by Gasteiger charge is 2.11. The highest BCUT2D eigenvalue weighted by Crippen LogP contribution is 2.36. The van der Waals surface area contributed by atoms with Crippen molar-refractivity contribution in [3.05, 3.63) is 56.0 Å². The number of nitriles is 1. The molecule has 2 aromatic carbocycles. The Hall–Kier alpha value is -2.37. The maximum Gasteiger partial charge on any atom is 0.303 e. The van der Waals surface area contributed by atoms with Crippen molar-refractivity contribution in [2.45, 2.75) is 32.8 Å². The van der Waals surface area contributed by atoms with Gasteiger partial charge in [0.2, 0.25) is 5.91 Å². The van der Waals surface area contributed by atoms with Crippen LogP contribution in [0, 0.1) is 11.3 Å². The lowest BCUT2D eigenvalue weighted by Crippen LogP contribution is -2.10. The number of nitrogens with zero attached hydrogens (tertiary/aromatic N) is 1. The largest absolute Gasteiger partial charge is 0.487 e. The van der Waals surface area contributed by atoms with Crippen molar-refractivity contribution in [3.63, 3.8) is 0 Å². The van der Waals surface area contributed by atoms with Crippen LogP contribution in [-0.2, 0) is 22.6 Å². The summed E-state index contributed by atoms with van der Waals surface area (Å²) in [5, 5.41) is 20.8. The van der Waals surface area contributed by atoms with Crippen molar-refractivity contribution in [1.29, 1.82) is 5.26 Å². The van der Waals surface area contributed by atoms with E-state index in [1.165, 1.54) is 0 Å². The summed E-state index contributed by atoms with van der Waals surface area (Å²) in [5.74, 6) is -0.416. The maximum absolute atomic E-state index is 11.6. The second-order valence-electron chi connectivity index (χ2n) is 6.00. The van der Waals surface area contributed by atoms with E-state index >= 15 is 0 Å². The minimum Gasteiger partial charge on any atom is -0.487 e. The fourth-order valence-corrected chi connectivity index (χ4v) is 3.97.